The Hall–Kier alpha value is -2.44. The first-order valence-corrected chi connectivity index (χ1v) is 5.33. The van der Waals surface area contributed by atoms with Crippen molar-refractivity contribution in [1.29, 1.82) is 0 Å². The Morgan fingerprint density at radius 1 is 1.05 bits per heavy atom. The van der Waals surface area contributed by atoms with Gasteiger partial charge in [0.2, 0.25) is 0 Å². The molecule has 7 nitrogen and oxygen atoms in total. The molecular weight excluding hydrogens is 252 g/mol. The van der Waals surface area contributed by atoms with E-state index in [0.29, 0.717) is 22.8 Å². The lowest BCUT2D eigenvalue weighted by Gasteiger charge is -2.11. The third kappa shape index (κ3) is 3.77. The molecule has 0 aliphatic carbocycles. The summed E-state index contributed by atoms with van der Waals surface area (Å²) in [5.41, 5.74) is 2.80. The summed E-state index contributed by atoms with van der Waals surface area (Å²) in [6.45, 7) is 0. The van der Waals surface area contributed by atoms with Crippen LogP contribution in [0.25, 0.3) is 0 Å². The van der Waals surface area contributed by atoms with Gasteiger partial charge in [0, 0.05) is 11.6 Å². The summed E-state index contributed by atoms with van der Waals surface area (Å²) in [6.07, 6.45) is 0.758. The summed E-state index contributed by atoms with van der Waals surface area (Å²) in [7, 11) is 5.83. The van der Waals surface area contributed by atoms with Gasteiger partial charge in [-0.25, -0.2) is 10.2 Å². The molecule has 104 valence electrons. The molecule has 0 fully saturated rings. The summed E-state index contributed by atoms with van der Waals surface area (Å²) in [5, 5.41) is 3.73. The minimum Gasteiger partial charge on any atom is -0.496 e. The SMILES string of the molecule is COC(=O)N/N=C\c1cc(OC)c(OC)cc1OC. The molecule has 0 unspecified atom stereocenters. The summed E-state index contributed by atoms with van der Waals surface area (Å²) in [6, 6.07) is 3.35. The van der Waals surface area contributed by atoms with Crippen molar-refractivity contribution in [2.45, 2.75) is 0 Å². The molecule has 0 aromatic heterocycles. The fourth-order valence-corrected chi connectivity index (χ4v) is 1.35. The summed E-state index contributed by atoms with van der Waals surface area (Å²) in [4.78, 5) is 10.9. The summed E-state index contributed by atoms with van der Waals surface area (Å²) >= 11 is 0. The summed E-state index contributed by atoms with van der Waals surface area (Å²) in [5.74, 6) is 1.60. The van der Waals surface area contributed by atoms with Crippen LogP contribution in [0.2, 0.25) is 0 Å². The van der Waals surface area contributed by atoms with E-state index < -0.39 is 6.09 Å². The number of hydrogen-bond acceptors (Lipinski definition) is 6. The maximum atomic E-state index is 10.9. The van der Waals surface area contributed by atoms with Crippen LogP contribution in [0.15, 0.2) is 17.2 Å². The highest BCUT2D eigenvalue weighted by Gasteiger charge is 2.10. The van der Waals surface area contributed by atoms with E-state index >= 15 is 0 Å². The molecule has 0 saturated heterocycles. The minimum absolute atomic E-state index is 0.530. The highest BCUT2D eigenvalue weighted by molar-refractivity contribution is 5.85. The van der Waals surface area contributed by atoms with Gasteiger partial charge in [0.05, 0.1) is 34.7 Å². The molecule has 0 saturated carbocycles. The van der Waals surface area contributed by atoms with Crippen LogP contribution in [0.1, 0.15) is 5.56 Å². The predicted octanol–water partition coefficient (Wildman–Crippen LogP) is 1.40. The monoisotopic (exact) mass is 268 g/mol. The fourth-order valence-electron chi connectivity index (χ4n) is 1.35. The lowest BCUT2D eigenvalue weighted by molar-refractivity contribution is 0.171. The van der Waals surface area contributed by atoms with E-state index in [1.807, 2.05) is 0 Å². The Bertz CT molecular complexity index is 473. The second-order valence-electron chi connectivity index (χ2n) is 3.31. The van der Waals surface area contributed by atoms with Crippen molar-refractivity contribution in [3.63, 3.8) is 0 Å². The zero-order chi connectivity index (χ0) is 14.3. The largest absolute Gasteiger partial charge is 0.496 e. The number of ether oxygens (including phenoxy) is 4. The van der Waals surface area contributed by atoms with Crippen molar-refractivity contribution in [2.75, 3.05) is 28.4 Å². The number of carbonyl (C=O) groups is 1. The Kier molecular flexibility index (Phi) is 5.46. The Labute approximate surface area is 111 Å². The maximum absolute atomic E-state index is 10.9. The highest BCUT2D eigenvalue weighted by atomic mass is 16.5. The normalized spacial score (nSPS) is 10.1. The number of nitrogens with zero attached hydrogens (tertiary/aromatic N) is 1. The van der Waals surface area contributed by atoms with Crippen molar-refractivity contribution in [2.24, 2.45) is 5.10 Å². The van der Waals surface area contributed by atoms with Gasteiger partial charge in [-0.05, 0) is 6.07 Å². The molecule has 0 bridgehead atoms. The number of nitrogens with one attached hydrogen (secondary N) is 1. The van der Waals surface area contributed by atoms with Gasteiger partial charge in [-0.15, -0.1) is 0 Å². The van der Waals surface area contributed by atoms with E-state index in [1.54, 1.807) is 12.1 Å². The molecule has 0 heterocycles. The van der Waals surface area contributed by atoms with Crippen LogP contribution < -0.4 is 19.6 Å². The molecule has 1 N–H and O–H groups in total. The highest BCUT2D eigenvalue weighted by Crippen LogP contribution is 2.33. The molecule has 0 aliphatic rings. The molecule has 7 heteroatoms. The van der Waals surface area contributed by atoms with Crippen LogP contribution in [0.4, 0.5) is 4.79 Å². The number of carbonyl (C=O) groups excluding carboxylic acids is 1. The van der Waals surface area contributed by atoms with E-state index in [-0.39, 0.29) is 0 Å². The van der Waals surface area contributed by atoms with Gasteiger partial charge in [-0.2, -0.15) is 5.10 Å². The Morgan fingerprint density at radius 2 is 1.63 bits per heavy atom. The van der Waals surface area contributed by atoms with E-state index in [9.17, 15) is 4.79 Å². The average Bonchev–Trinajstić information content (AvgIpc) is 2.46. The van der Waals surface area contributed by atoms with E-state index in [1.165, 1.54) is 34.7 Å². The van der Waals surface area contributed by atoms with Crippen LogP contribution in [-0.4, -0.2) is 40.7 Å². The van der Waals surface area contributed by atoms with Gasteiger partial charge in [-0.3, -0.25) is 0 Å². The van der Waals surface area contributed by atoms with Crippen molar-refractivity contribution in [3.05, 3.63) is 17.7 Å². The van der Waals surface area contributed by atoms with Gasteiger partial charge >= 0.3 is 6.09 Å². The number of amides is 1. The lowest BCUT2D eigenvalue weighted by Crippen LogP contribution is -2.16. The predicted molar refractivity (Wildman–Crippen MR) is 69.2 cm³/mol. The average molecular weight is 268 g/mol. The smallest absolute Gasteiger partial charge is 0.427 e. The topological polar surface area (TPSA) is 78.4 Å². The molecule has 0 radical (unpaired) electrons. The number of benzene rings is 1. The fraction of sp³-hybridized carbons (Fsp3) is 0.333. The maximum Gasteiger partial charge on any atom is 0.427 e. The Balaban J connectivity index is 3.01. The molecule has 1 amide bonds. The van der Waals surface area contributed by atoms with Gasteiger partial charge < -0.3 is 18.9 Å². The standard InChI is InChI=1S/C12H16N2O5/c1-16-9-6-11(18-3)10(17-2)5-8(9)7-13-14-12(15)19-4/h5-7H,1-4H3,(H,14,15)/b13-7-. The van der Waals surface area contributed by atoms with E-state index in [0.717, 1.165) is 0 Å². The molecule has 1 aromatic carbocycles. The van der Waals surface area contributed by atoms with Gasteiger partial charge in [-0.1, -0.05) is 0 Å². The third-order valence-corrected chi connectivity index (χ3v) is 2.28. The Morgan fingerprint density at radius 3 is 2.16 bits per heavy atom. The molecule has 0 aliphatic heterocycles. The lowest BCUT2D eigenvalue weighted by atomic mass is 10.2. The van der Waals surface area contributed by atoms with Crippen LogP contribution in [0.3, 0.4) is 0 Å². The van der Waals surface area contributed by atoms with Gasteiger partial charge in [0.15, 0.2) is 11.5 Å². The van der Waals surface area contributed by atoms with Crippen LogP contribution >= 0.6 is 0 Å². The molecule has 1 rings (SSSR count). The van der Waals surface area contributed by atoms with E-state index in [4.69, 9.17) is 14.2 Å². The van der Waals surface area contributed by atoms with Crippen molar-refractivity contribution in [1.82, 2.24) is 5.43 Å². The van der Waals surface area contributed by atoms with Crippen molar-refractivity contribution in [3.8, 4) is 17.2 Å². The van der Waals surface area contributed by atoms with Crippen LogP contribution in [0.5, 0.6) is 17.2 Å². The quantitative estimate of drug-likeness (QED) is 0.645. The van der Waals surface area contributed by atoms with Crippen molar-refractivity contribution >= 4 is 12.3 Å². The minimum atomic E-state index is -0.657. The second-order valence-corrected chi connectivity index (χ2v) is 3.31. The van der Waals surface area contributed by atoms with Crippen molar-refractivity contribution < 1.29 is 23.7 Å². The molecule has 1 aromatic rings. The zero-order valence-corrected chi connectivity index (χ0v) is 11.2. The molecule has 0 atom stereocenters. The number of rotatable bonds is 5. The first-order valence-electron chi connectivity index (χ1n) is 5.33. The van der Waals surface area contributed by atoms with Crippen LogP contribution in [0, 0.1) is 0 Å². The first-order chi connectivity index (χ1) is 9.15. The molecule has 0 spiro atoms. The van der Waals surface area contributed by atoms with Crippen LogP contribution in [-0.2, 0) is 4.74 Å². The zero-order valence-electron chi connectivity index (χ0n) is 11.2. The number of methoxy groups -OCH3 is 4. The number of hydrazone groups is 1. The first kappa shape index (κ1) is 14.6. The van der Waals surface area contributed by atoms with E-state index in [2.05, 4.69) is 15.3 Å². The molecule has 19 heavy (non-hydrogen) atoms. The van der Waals surface area contributed by atoms with Gasteiger partial charge in [0.25, 0.3) is 0 Å². The summed E-state index contributed by atoms with van der Waals surface area (Å²) < 4.78 is 19.9. The second kappa shape index (κ2) is 7.10. The third-order valence-electron chi connectivity index (χ3n) is 2.28. The van der Waals surface area contributed by atoms with Gasteiger partial charge in [0.1, 0.15) is 5.75 Å². The number of hydrogen-bond donors (Lipinski definition) is 1. The molecular formula is C12H16N2O5.